The highest BCUT2D eigenvalue weighted by Gasteiger charge is 2.08. The molecule has 2 N–H and O–H groups in total. The number of nitrogens with one attached hydrogen (secondary N) is 1. The Morgan fingerprint density at radius 2 is 2.21 bits per heavy atom. The van der Waals surface area contributed by atoms with Crippen LogP contribution in [0.25, 0.3) is 0 Å². The highest BCUT2D eigenvalue weighted by atomic mass is 35.5. The van der Waals surface area contributed by atoms with Crippen LogP contribution >= 0.6 is 11.6 Å². The zero-order valence-corrected chi connectivity index (χ0v) is 7.76. The molecule has 14 heavy (non-hydrogen) atoms. The largest absolute Gasteiger partial charge is 0.433 e. The Labute approximate surface area is 84.2 Å². The Hall–Kier alpha value is -0.910. The smallest absolute Gasteiger partial charge is 0.387 e. The number of alkyl halides is 2. The molecule has 0 spiro atoms. The van der Waals surface area contributed by atoms with Gasteiger partial charge in [0, 0.05) is 6.54 Å². The molecule has 0 saturated carbocycles. The van der Waals surface area contributed by atoms with Crippen molar-refractivity contribution in [3.63, 3.8) is 0 Å². The molecule has 0 aliphatic heterocycles. The third-order valence-corrected chi connectivity index (χ3v) is 1.79. The number of ether oxygens (including phenoxy) is 1. The first kappa shape index (κ1) is 11.2. The van der Waals surface area contributed by atoms with E-state index in [-0.39, 0.29) is 17.3 Å². The summed E-state index contributed by atoms with van der Waals surface area (Å²) in [5.41, 5.74) is 2.59. The van der Waals surface area contributed by atoms with E-state index in [1.807, 2.05) is 5.48 Å². The lowest BCUT2D eigenvalue weighted by Crippen LogP contribution is -2.07. The summed E-state index contributed by atoms with van der Waals surface area (Å²) < 4.78 is 27.8. The maximum atomic E-state index is 11.8. The van der Waals surface area contributed by atoms with Crippen LogP contribution in [0.2, 0.25) is 5.02 Å². The molecule has 78 valence electrons. The van der Waals surface area contributed by atoms with Crippen LogP contribution in [0.3, 0.4) is 0 Å². The number of hydrogen-bond acceptors (Lipinski definition) is 3. The fraction of sp³-hybridized carbons (Fsp3) is 0.250. The summed E-state index contributed by atoms with van der Waals surface area (Å²) in [6, 6.07) is 4.27. The van der Waals surface area contributed by atoms with Crippen molar-refractivity contribution in [2.75, 3.05) is 0 Å². The van der Waals surface area contributed by atoms with E-state index in [0.29, 0.717) is 5.56 Å². The lowest BCUT2D eigenvalue weighted by Gasteiger charge is -2.07. The molecule has 0 aromatic heterocycles. The van der Waals surface area contributed by atoms with Crippen LogP contribution in [-0.4, -0.2) is 11.8 Å². The van der Waals surface area contributed by atoms with Gasteiger partial charge in [0.15, 0.2) is 0 Å². The van der Waals surface area contributed by atoms with Crippen LogP contribution in [-0.2, 0) is 6.54 Å². The van der Waals surface area contributed by atoms with E-state index in [1.165, 1.54) is 18.2 Å². The fourth-order valence-corrected chi connectivity index (χ4v) is 1.18. The number of benzene rings is 1. The topological polar surface area (TPSA) is 41.5 Å². The van der Waals surface area contributed by atoms with Crippen molar-refractivity contribution >= 4 is 11.6 Å². The molecule has 1 rings (SSSR count). The molecular formula is C8H8ClF2NO2. The molecule has 0 unspecified atom stereocenters. The second kappa shape index (κ2) is 5.09. The quantitative estimate of drug-likeness (QED) is 0.771. The highest BCUT2D eigenvalue weighted by Crippen LogP contribution is 2.26. The first-order valence-electron chi connectivity index (χ1n) is 3.73. The molecule has 1 aromatic rings. The van der Waals surface area contributed by atoms with Gasteiger partial charge in [0.05, 0.1) is 5.02 Å². The molecule has 0 fully saturated rings. The van der Waals surface area contributed by atoms with Gasteiger partial charge >= 0.3 is 6.61 Å². The molecule has 0 saturated heterocycles. The van der Waals surface area contributed by atoms with Crippen molar-refractivity contribution in [1.29, 1.82) is 0 Å². The van der Waals surface area contributed by atoms with Crippen molar-refractivity contribution in [3.05, 3.63) is 28.8 Å². The minimum atomic E-state index is -2.89. The van der Waals surface area contributed by atoms with Crippen LogP contribution in [0, 0.1) is 0 Å². The second-order valence-corrected chi connectivity index (χ2v) is 2.89. The first-order chi connectivity index (χ1) is 6.63. The number of hydrogen-bond donors (Lipinski definition) is 2. The van der Waals surface area contributed by atoms with Gasteiger partial charge in [0.1, 0.15) is 5.75 Å². The van der Waals surface area contributed by atoms with Gasteiger partial charge in [-0.05, 0) is 17.7 Å². The van der Waals surface area contributed by atoms with Gasteiger partial charge in [-0.25, -0.2) is 5.48 Å². The van der Waals surface area contributed by atoms with Gasteiger partial charge in [-0.1, -0.05) is 17.7 Å². The van der Waals surface area contributed by atoms with Crippen LogP contribution < -0.4 is 10.2 Å². The summed E-state index contributed by atoms with van der Waals surface area (Å²) in [4.78, 5) is 0. The maximum absolute atomic E-state index is 11.8. The summed E-state index contributed by atoms with van der Waals surface area (Å²) in [5, 5.41) is 8.46. The highest BCUT2D eigenvalue weighted by molar-refractivity contribution is 6.32. The number of rotatable bonds is 4. The van der Waals surface area contributed by atoms with Crippen LogP contribution in [0.4, 0.5) is 8.78 Å². The molecule has 6 heteroatoms. The molecule has 0 aliphatic carbocycles. The number of hydroxylamine groups is 1. The molecule has 0 radical (unpaired) electrons. The average molecular weight is 224 g/mol. The van der Waals surface area contributed by atoms with Crippen molar-refractivity contribution in [3.8, 4) is 5.75 Å². The lowest BCUT2D eigenvalue weighted by atomic mass is 10.2. The normalized spacial score (nSPS) is 10.6. The summed E-state index contributed by atoms with van der Waals surface area (Å²) in [7, 11) is 0. The monoisotopic (exact) mass is 223 g/mol. The van der Waals surface area contributed by atoms with Crippen LogP contribution in [0.1, 0.15) is 5.56 Å². The molecule has 1 aromatic carbocycles. The third-order valence-electron chi connectivity index (χ3n) is 1.50. The zero-order chi connectivity index (χ0) is 10.6. The van der Waals surface area contributed by atoms with E-state index in [4.69, 9.17) is 16.8 Å². The molecular weight excluding hydrogens is 216 g/mol. The third kappa shape index (κ3) is 3.10. The minimum absolute atomic E-state index is 0.0802. The second-order valence-electron chi connectivity index (χ2n) is 2.48. The van der Waals surface area contributed by atoms with Crippen LogP contribution in [0.5, 0.6) is 5.75 Å². The van der Waals surface area contributed by atoms with E-state index in [0.717, 1.165) is 0 Å². The van der Waals surface area contributed by atoms with Gasteiger partial charge in [0.2, 0.25) is 0 Å². The standard InChI is InChI=1S/C8H8ClF2NO2/c9-6-3-5(4-12-13)1-2-7(6)14-8(10)11/h1-3,8,12-13H,4H2. The first-order valence-corrected chi connectivity index (χ1v) is 4.11. The van der Waals surface area contributed by atoms with E-state index in [2.05, 4.69) is 4.74 Å². The van der Waals surface area contributed by atoms with E-state index in [9.17, 15) is 8.78 Å². The SMILES string of the molecule is ONCc1ccc(OC(F)F)c(Cl)c1. The Bertz CT molecular complexity index is 309. The zero-order valence-electron chi connectivity index (χ0n) is 7.01. The molecule has 0 bridgehead atoms. The summed E-state index contributed by atoms with van der Waals surface area (Å²) >= 11 is 5.64. The van der Waals surface area contributed by atoms with Crippen molar-refractivity contribution in [2.24, 2.45) is 0 Å². The lowest BCUT2D eigenvalue weighted by molar-refractivity contribution is -0.0498. The summed E-state index contributed by atoms with van der Waals surface area (Å²) in [6.45, 7) is -2.70. The summed E-state index contributed by atoms with van der Waals surface area (Å²) in [6.07, 6.45) is 0. The van der Waals surface area contributed by atoms with E-state index < -0.39 is 6.61 Å². The van der Waals surface area contributed by atoms with Gasteiger partial charge < -0.3 is 9.94 Å². The fourth-order valence-electron chi connectivity index (χ4n) is 0.937. The van der Waals surface area contributed by atoms with Crippen molar-refractivity contribution in [2.45, 2.75) is 13.2 Å². The number of halogens is 3. The van der Waals surface area contributed by atoms with E-state index >= 15 is 0 Å². The molecule has 0 aliphatic rings. The van der Waals surface area contributed by atoms with Gasteiger partial charge in [-0.15, -0.1) is 0 Å². The predicted octanol–water partition coefficient (Wildman–Crippen LogP) is 2.42. The minimum Gasteiger partial charge on any atom is -0.433 e. The van der Waals surface area contributed by atoms with Crippen LogP contribution in [0.15, 0.2) is 18.2 Å². The molecule has 0 amide bonds. The predicted molar refractivity (Wildman–Crippen MR) is 46.7 cm³/mol. The Balaban J connectivity index is 2.79. The maximum Gasteiger partial charge on any atom is 0.387 e. The average Bonchev–Trinajstić information content (AvgIpc) is 2.10. The van der Waals surface area contributed by atoms with Crippen molar-refractivity contribution < 1.29 is 18.7 Å². The summed E-state index contributed by atoms with van der Waals surface area (Å²) in [5.74, 6) is -0.0802. The van der Waals surface area contributed by atoms with Gasteiger partial charge in [-0.3, -0.25) is 0 Å². The Morgan fingerprint density at radius 1 is 1.50 bits per heavy atom. The van der Waals surface area contributed by atoms with Gasteiger partial charge in [-0.2, -0.15) is 8.78 Å². The molecule has 0 atom stereocenters. The van der Waals surface area contributed by atoms with Gasteiger partial charge in [0.25, 0.3) is 0 Å². The van der Waals surface area contributed by atoms with Crippen molar-refractivity contribution in [1.82, 2.24) is 5.48 Å². The molecule has 0 heterocycles. The Morgan fingerprint density at radius 3 is 2.71 bits per heavy atom. The Kier molecular flexibility index (Phi) is 4.06. The molecule has 3 nitrogen and oxygen atoms in total. The van der Waals surface area contributed by atoms with E-state index in [1.54, 1.807) is 0 Å².